The van der Waals surface area contributed by atoms with Crippen LogP contribution in [0.5, 0.6) is 0 Å². The standard InChI is InChI=1S/C24H35NO4/c1-2-28-24-20(14-11-17-26)21(19-12-7-6-8-13-19)18-22(29-24)23(27)25-15-9-4-3-5-10-16-25/h6-8,12-13,18,20-21,24,26H,2-5,9-11,14-17H2,1H3/t20-,21+,24+/m0/s1. The summed E-state index contributed by atoms with van der Waals surface area (Å²) in [7, 11) is 0. The van der Waals surface area contributed by atoms with Gasteiger partial charge in [-0.25, -0.2) is 0 Å². The molecule has 29 heavy (non-hydrogen) atoms. The van der Waals surface area contributed by atoms with Crippen molar-refractivity contribution in [2.75, 3.05) is 26.3 Å². The van der Waals surface area contributed by atoms with Crippen LogP contribution in [0.4, 0.5) is 0 Å². The number of carbonyl (C=O) groups is 1. The van der Waals surface area contributed by atoms with E-state index < -0.39 is 6.29 Å². The fraction of sp³-hybridized carbons (Fsp3) is 0.625. The minimum atomic E-state index is -0.476. The number of ether oxygens (including phenoxy) is 2. The lowest BCUT2D eigenvalue weighted by Crippen LogP contribution is -2.41. The molecule has 3 rings (SSSR count). The van der Waals surface area contributed by atoms with E-state index in [-0.39, 0.29) is 24.3 Å². The summed E-state index contributed by atoms with van der Waals surface area (Å²) in [5.41, 5.74) is 1.15. The predicted octanol–water partition coefficient (Wildman–Crippen LogP) is 4.23. The fourth-order valence-corrected chi connectivity index (χ4v) is 4.42. The van der Waals surface area contributed by atoms with Crippen molar-refractivity contribution in [1.82, 2.24) is 4.90 Å². The number of hydrogen-bond acceptors (Lipinski definition) is 4. The van der Waals surface area contributed by atoms with Gasteiger partial charge in [0.1, 0.15) is 0 Å². The van der Waals surface area contributed by atoms with Crippen LogP contribution in [0.25, 0.3) is 0 Å². The van der Waals surface area contributed by atoms with Crippen LogP contribution in [-0.2, 0) is 14.3 Å². The molecule has 2 aliphatic rings. The number of allylic oxidation sites excluding steroid dienone is 1. The summed E-state index contributed by atoms with van der Waals surface area (Å²) in [6, 6.07) is 10.2. The van der Waals surface area contributed by atoms with Gasteiger partial charge in [0, 0.05) is 38.1 Å². The zero-order valence-electron chi connectivity index (χ0n) is 17.6. The lowest BCUT2D eigenvalue weighted by molar-refractivity contribution is -0.170. The van der Waals surface area contributed by atoms with Gasteiger partial charge in [0.05, 0.1) is 0 Å². The second kappa shape index (κ2) is 11.4. The van der Waals surface area contributed by atoms with Crippen molar-refractivity contribution < 1.29 is 19.4 Å². The SMILES string of the molecule is CCO[C@@H]1OC(C(=O)N2CCCCCCC2)=C[C@H](c2ccccc2)[C@@H]1CCCO. The van der Waals surface area contributed by atoms with Gasteiger partial charge >= 0.3 is 0 Å². The Labute approximate surface area is 174 Å². The number of likely N-dealkylation sites (tertiary alicyclic amines) is 1. The second-order valence-electron chi connectivity index (χ2n) is 8.00. The molecular weight excluding hydrogens is 366 g/mol. The van der Waals surface area contributed by atoms with Crippen molar-refractivity contribution in [3.05, 3.63) is 47.7 Å². The Morgan fingerprint density at radius 3 is 2.48 bits per heavy atom. The molecule has 3 atom stereocenters. The molecule has 0 radical (unpaired) electrons. The van der Waals surface area contributed by atoms with Gasteiger partial charge in [-0.2, -0.15) is 0 Å². The third-order valence-electron chi connectivity index (χ3n) is 5.95. The zero-order chi connectivity index (χ0) is 20.5. The first-order valence-electron chi connectivity index (χ1n) is 11.2. The average Bonchev–Trinajstić information content (AvgIpc) is 2.72. The highest BCUT2D eigenvalue weighted by molar-refractivity contribution is 5.91. The van der Waals surface area contributed by atoms with Gasteiger partial charge in [0.25, 0.3) is 5.91 Å². The number of nitrogens with zero attached hydrogens (tertiary/aromatic N) is 1. The van der Waals surface area contributed by atoms with Crippen LogP contribution in [0.1, 0.15) is 63.4 Å². The van der Waals surface area contributed by atoms with E-state index >= 15 is 0 Å². The topological polar surface area (TPSA) is 59.0 Å². The van der Waals surface area contributed by atoms with E-state index in [1.807, 2.05) is 36.1 Å². The summed E-state index contributed by atoms with van der Waals surface area (Å²) in [6.45, 7) is 4.20. The Morgan fingerprint density at radius 2 is 1.83 bits per heavy atom. The first kappa shape index (κ1) is 21.8. The van der Waals surface area contributed by atoms with E-state index in [2.05, 4.69) is 12.1 Å². The van der Waals surface area contributed by atoms with E-state index in [0.29, 0.717) is 18.8 Å². The van der Waals surface area contributed by atoms with Crippen LogP contribution in [0.3, 0.4) is 0 Å². The Kier molecular flexibility index (Phi) is 8.56. The third kappa shape index (κ3) is 5.83. The molecule has 1 amide bonds. The Bertz CT molecular complexity index is 652. The number of hydrogen-bond donors (Lipinski definition) is 1. The summed E-state index contributed by atoms with van der Waals surface area (Å²) in [4.78, 5) is 15.3. The Hall–Kier alpha value is -1.85. The fourth-order valence-electron chi connectivity index (χ4n) is 4.42. The van der Waals surface area contributed by atoms with E-state index in [9.17, 15) is 9.90 Å². The van der Waals surface area contributed by atoms with Gasteiger partial charge in [-0.15, -0.1) is 0 Å². The van der Waals surface area contributed by atoms with Crippen molar-refractivity contribution in [3.8, 4) is 0 Å². The van der Waals surface area contributed by atoms with Gasteiger partial charge < -0.3 is 19.5 Å². The quantitative estimate of drug-likeness (QED) is 0.743. The van der Waals surface area contributed by atoms with Gasteiger partial charge in [0.15, 0.2) is 5.76 Å². The molecule has 5 nitrogen and oxygen atoms in total. The minimum Gasteiger partial charge on any atom is -0.459 e. The van der Waals surface area contributed by atoms with Crippen molar-refractivity contribution >= 4 is 5.91 Å². The molecule has 0 saturated carbocycles. The molecule has 2 heterocycles. The maximum Gasteiger partial charge on any atom is 0.288 e. The van der Waals surface area contributed by atoms with Crippen LogP contribution in [0, 0.1) is 5.92 Å². The molecule has 1 saturated heterocycles. The number of aliphatic hydroxyl groups is 1. The number of benzene rings is 1. The molecule has 0 spiro atoms. The van der Waals surface area contributed by atoms with Crippen LogP contribution in [0.2, 0.25) is 0 Å². The van der Waals surface area contributed by atoms with Crippen molar-refractivity contribution in [2.24, 2.45) is 5.92 Å². The van der Waals surface area contributed by atoms with E-state index in [0.717, 1.165) is 37.9 Å². The Balaban J connectivity index is 1.88. The average molecular weight is 402 g/mol. The summed E-state index contributed by atoms with van der Waals surface area (Å²) in [6.07, 6.45) is 8.71. The van der Waals surface area contributed by atoms with Crippen molar-refractivity contribution in [3.63, 3.8) is 0 Å². The molecule has 1 N–H and O–H groups in total. The number of aliphatic hydroxyl groups excluding tert-OH is 1. The first-order chi connectivity index (χ1) is 14.2. The zero-order valence-corrected chi connectivity index (χ0v) is 17.6. The molecule has 1 fully saturated rings. The van der Waals surface area contributed by atoms with Crippen LogP contribution >= 0.6 is 0 Å². The maximum atomic E-state index is 13.3. The van der Waals surface area contributed by atoms with Crippen LogP contribution in [-0.4, -0.2) is 48.5 Å². The maximum absolute atomic E-state index is 13.3. The largest absolute Gasteiger partial charge is 0.459 e. The molecule has 160 valence electrons. The van der Waals surface area contributed by atoms with E-state index in [1.165, 1.54) is 19.3 Å². The first-order valence-corrected chi connectivity index (χ1v) is 11.2. The molecule has 0 aromatic heterocycles. The minimum absolute atomic E-state index is 0.0156. The number of amides is 1. The normalized spacial score (nSPS) is 25.5. The van der Waals surface area contributed by atoms with Crippen LogP contribution in [0.15, 0.2) is 42.2 Å². The molecule has 1 aromatic rings. The summed E-state index contributed by atoms with van der Waals surface area (Å²) < 4.78 is 12.1. The second-order valence-corrected chi connectivity index (χ2v) is 8.00. The molecule has 0 bridgehead atoms. The van der Waals surface area contributed by atoms with Gasteiger partial charge in [-0.1, -0.05) is 49.6 Å². The van der Waals surface area contributed by atoms with Gasteiger partial charge in [-0.3, -0.25) is 4.79 Å². The highest BCUT2D eigenvalue weighted by Crippen LogP contribution is 2.39. The summed E-state index contributed by atoms with van der Waals surface area (Å²) >= 11 is 0. The van der Waals surface area contributed by atoms with Crippen molar-refractivity contribution in [2.45, 2.75) is 64.1 Å². The molecule has 2 aliphatic heterocycles. The molecular formula is C24H35NO4. The monoisotopic (exact) mass is 401 g/mol. The Morgan fingerprint density at radius 1 is 1.14 bits per heavy atom. The number of rotatable bonds is 7. The molecule has 0 aliphatic carbocycles. The number of carbonyl (C=O) groups excluding carboxylic acids is 1. The lowest BCUT2D eigenvalue weighted by Gasteiger charge is -2.38. The van der Waals surface area contributed by atoms with Crippen LogP contribution < -0.4 is 0 Å². The molecule has 1 aromatic carbocycles. The van der Waals surface area contributed by atoms with Gasteiger partial charge in [-0.05, 0) is 44.2 Å². The third-order valence-corrected chi connectivity index (χ3v) is 5.95. The highest BCUT2D eigenvalue weighted by Gasteiger charge is 2.38. The smallest absolute Gasteiger partial charge is 0.288 e. The summed E-state index contributed by atoms with van der Waals surface area (Å²) in [5, 5.41) is 9.37. The predicted molar refractivity (Wildman–Crippen MR) is 113 cm³/mol. The van der Waals surface area contributed by atoms with E-state index in [1.54, 1.807) is 0 Å². The lowest BCUT2D eigenvalue weighted by atomic mass is 9.80. The van der Waals surface area contributed by atoms with E-state index in [4.69, 9.17) is 9.47 Å². The van der Waals surface area contributed by atoms with Crippen molar-refractivity contribution in [1.29, 1.82) is 0 Å². The molecule has 0 unspecified atom stereocenters. The van der Waals surface area contributed by atoms with Gasteiger partial charge in [0.2, 0.25) is 6.29 Å². The highest BCUT2D eigenvalue weighted by atomic mass is 16.7. The molecule has 5 heteroatoms. The summed E-state index contributed by atoms with van der Waals surface area (Å²) in [5.74, 6) is 0.492.